The lowest BCUT2D eigenvalue weighted by Gasteiger charge is -2.09. The summed E-state index contributed by atoms with van der Waals surface area (Å²) < 4.78 is 0. The van der Waals surface area contributed by atoms with E-state index in [-0.39, 0.29) is 5.95 Å². The molecule has 0 amide bonds. The van der Waals surface area contributed by atoms with Crippen molar-refractivity contribution in [3.8, 4) is 11.3 Å². The van der Waals surface area contributed by atoms with Gasteiger partial charge in [0.15, 0.2) is 0 Å². The number of anilines is 1. The van der Waals surface area contributed by atoms with Gasteiger partial charge in [-0.3, -0.25) is 0 Å². The molecule has 0 aliphatic rings. The molecule has 0 aliphatic carbocycles. The van der Waals surface area contributed by atoms with Gasteiger partial charge >= 0.3 is 0 Å². The molecular formula is C24H24N4. The maximum atomic E-state index is 5.93. The van der Waals surface area contributed by atoms with E-state index >= 15 is 0 Å². The Labute approximate surface area is 165 Å². The number of nitrogen functional groups attached to an aromatic ring is 1. The van der Waals surface area contributed by atoms with Crippen molar-refractivity contribution < 1.29 is 0 Å². The zero-order chi connectivity index (χ0) is 19.5. The number of hydrogen-bond donors (Lipinski definition) is 1. The molecule has 0 fully saturated rings. The zero-order valence-corrected chi connectivity index (χ0v) is 16.3. The fourth-order valence-corrected chi connectivity index (χ4v) is 3.45. The van der Waals surface area contributed by atoms with E-state index in [9.17, 15) is 0 Å². The number of pyridine rings is 1. The van der Waals surface area contributed by atoms with Gasteiger partial charge in [0.05, 0.1) is 16.9 Å². The Morgan fingerprint density at radius 1 is 0.786 bits per heavy atom. The average molecular weight is 368 g/mol. The van der Waals surface area contributed by atoms with Crippen LogP contribution >= 0.6 is 0 Å². The monoisotopic (exact) mass is 368 g/mol. The molecule has 140 valence electrons. The molecule has 4 aromatic rings. The van der Waals surface area contributed by atoms with E-state index in [1.165, 1.54) is 11.1 Å². The highest BCUT2D eigenvalue weighted by Gasteiger charge is 2.11. The number of hydrogen-bond acceptors (Lipinski definition) is 4. The summed E-state index contributed by atoms with van der Waals surface area (Å²) in [4.78, 5) is 13.7. The SMILES string of the molecule is CC(C)Cc1ccc(-c2ccc3nc(N)nc(Cc4ccccc4)c3n2)cc1. The second-order valence-corrected chi connectivity index (χ2v) is 7.55. The van der Waals surface area contributed by atoms with Gasteiger partial charge in [0, 0.05) is 12.0 Å². The summed E-state index contributed by atoms with van der Waals surface area (Å²) in [6, 6.07) is 22.9. The fraction of sp³-hybridized carbons (Fsp3) is 0.208. The molecule has 4 heteroatoms. The predicted molar refractivity (Wildman–Crippen MR) is 115 cm³/mol. The van der Waals surface area contributed by atoms with Crippen LogP contribution in [0, 0.1) is 5.92 Å². The zero-order valence-electron chi connectivity index (χ0n) is 16.3. The number of fused-ring (bicyclic) bond motifs is 1. The van der Waals surface area contributed by atoms with Gasteiger partial charge in [-0.1, -0.05) is 68.4 Å². The van der Waals surface area contributed by atoms with Gasteiger partial charge in [0.25, 0.3) is 0 Å². The molecule has 2 heterocycles. The van der Waals surface area contributed by atoms with E-state index in [4.69, 9.17) is 10.7 Å². The van der Waals surface area contributed by atoms with Crippen molar-refractivity contribution in [2.75, 3.05) is 5.73 Å². The second-order valence-electron chi connectivity index (χ2n) is 7.55. The molecule has 0 saturated heterocycles. The summed E-state index contributed by atoms with van der Waals surface area (Å²) in [6.45, 7) is 4.47. The quantitative estimate of drug-likeness (QED) is 0.534. The molecule has 2 aromatic heterocycles. The van der Waals surface area contributed by atoms with Gasteiger partial charge in [-0.05, 0) is 35.6 Å². The van der Waals surface area contributed by atoms with E-state index in [1.54, 1.807) is 0 Å². The van der Waals surface area contributed by atoms with Crippen LogP contribution in [-0.2, 0) is 12.8 Å². The van der Waals surface area contributed by atoms with Gasteiger partial charge < -0.3 is 5.73 Å². The van der Waals surface area contributed by atoms with Gasteiger partial charge in [-0.2, -0.15) is 0 Å². The molecule has 2 N–H and O–H groups in total. The molecule has 28 heavy (non-hydrogen) atoms. The number of benzene rings is 2. The van der Waals surface area contributed by atoms with Crippen LogP contribution in [0.4, 0.5) is 5.95 Å². The van der Waals surface area contributed by atoms with Crippen LogP contribution in [0.2, 0.25) is 0 Å². The summed E-state index contributed by atoms with van der Waals surface area (Å²) in [5.41, 5.74) is 12.9. The largest absolute Gasteiger partial charge is 0.368 e. The first-order chi connectivity index (χ1) is 13.6. The molecule has 0 radical (unpaired) electrons. The number of aromatic nitrogens is 3. The second kappa shape index (κ2) is 7.77. The minimum Gasteiger partial charge on any atom is -0.368 e. The van der Waals surface area contributed by atoms with Crippen LogP contribution in [0.15, 0.2) is 66.7 Å². The summed E-state index contributed by atoms with van der Waals surface area (Å²) in [6.07, 6.45) is 1.76. The average Bonchev–Trinajstić information content (AvgIpc) is 2.69. The molecule has 0 atom stereocenters. The highest BCUT2D eigenvalue weighted by Crippen LogP contribution is 2.24. The van der Waals surface area contributed by atoms with Crippen LogP contribution in [-0.4, -0.2) is 15.0 Å². The lowest BCUT2D eigenvalue weighted by atomic mass is 10.0. The van der Waals surface area contributed by atoms with Crippen molar-refractivity contribution in [3.05, 3.63) is 83.6 Å². The standard InChI is InChI=1S/C24H24N4/c1-16(2)14-18-8-10-19(11-9-18)20-12-13-21-23(26-20)22(28-24(25)27-21)15-17-6-4-3-5-7-17/h3-13,16H,14-15H2,1-2H3,(H2,25,27,28). The summed E-state index contributed by atoms with van der Waals surface area (Å²) in [5, 5.41) is 0. The molecule has 0 aliphatic heterocycles. The molecule has 0 bridgehead atoms. The van der Waals surface area contributed by atoms with Crippen molar-refractivity contribution in [1.82, 2.24) is 15.0 Å². The lowest BCUT2D eigenvalue weighted by molar-refractivity contribution is 0.647. The van der Waals surface area contributed by atoms with Crippen molar-refractivity contribution in [1.29, 1.82) is 0 Å². The van der Waals surface area contributed by atoms with E-state index in [2.05, 4.69) is 60.2 Å². The highest BCUT2D eigenvalue weighted by atomic mass is 15.0. The Bertz CT molecular complexity index is 1090. The van der Waals surface area contributed by atoms with E-state index in [1.807, 2.05) is 30.3 Å². The van der Waals surface area contributed by atoms with Crippen molar-refractivity contribution >= 4 is 17.0 Å². The minimum atomic E-state index is 0.283. The Balaban J connectivity index is 1.73. The molecule has 4 nitrogen and oxygen atoms in total. The summed E-state index contributed by atoms with van der Waals surface area (Å²) >= 11 is 0. The Kier molecular flexibility index (Phi) is 5.02. The Morgan fingerprint density at radius 2 is 1.54 bits per heavy atom. The lowest BCUT2D eigenvalue weighted by Crippen LogP contribution is -2.03. The predicted octanol–water partition coefficient (Wildman–Crippen LogP) is 5.06. The van der Waals surface area contributed by atoms with E-state index in [0.717, 1.165) is 34.4 Å². The Hall–Kier alpha value is -3.27. The molecule has 0 unspecified atom stereocenters. The number of rotatable bonds is 5. The van der Waals surface area contributed by atoms with Crippen LogP contribution in [0.5, 0.6) is 0 Å². The molecule has 4 rings (SSSR count). The summed E-state index contributed by atoms with van der Waals surface area (Å²) in [5.74, 6) is 0.929. The van der Waals surface area contributed by atoms with Gasteiger partial charge in [-0.25, -0.2) is 15.0 Å². The first-order valence-corrected chi connectivity index (χ1v) is 9.65. The third kappa shape index (κ3) is 4.01. The van der Waals surface area contributed by atoms with Crippen LogP contribution in [0.25, 0.3) is 22.3 Å². The van der Waals surface area contributed by atoms with Crippen molar-refractivity contribution in [2.45, 2.75) is 26.7 Å². The number of nitrogens with two attached hydrogens (primary N) is 1. The maximum Gasteiger partial charge on any atom is 0.220 e. The van der Waals surface area contributed by atoms with Crippen molar-refractivity contribution in [2.24, 2.45) is 5.92 Å². The third-order valence-corrected chi connectivity index (χ3v) is 4.74. The highest BCUT2D eigenvalue weighted by molar-refractivity contribution is 5.81. The van der Waals surface area contributed by atoms with E-state index in [0.29, 0.717) is 12.3 Å². The smallest absolute Gasteiger partial charge is 0.220 e. The van der Waals surface area contributed by atoms with Crippen LogP contribution < -0.4 is 5.73 Å². The topological polar surface area (TPSA) is 64.7 Å². The van der Waals surface area contributed by atoms with Gasteiger partial charge in [0.2, 0.25) is 5.95 Å². The maximum absolute atomic E-state index is 5.93. The number of nitrogens with zero attached hydrogens (tertiary/aromatic N) is 3. The molecule has 0 saturated carbocycles. The van der Waals surface area contributed by atoms with Gasteiger partial charge in [-0.15, -0.1) is 0 Å². The normalized spacial score (nSPS) is 11.2. The van der Waals surface area contributed by atoms with Crippen LogP contribution in [0.3, 0.4) is 0 Å². The first kappa shape index (κ1) is 18.1. The van der Waals surface area contributed by atoms with Gasteiger partial charge in [0.1, 0.15) is 5.52 Å². The molecule has 2 aromatic carbocycles. The molecule has 0 spiro atoms. The summed E-state index contributed by atoms with van der Waals surface area (Å²) in [7, 11) is 0. The molecular weight excluding hydrogens is 344 g/mol. The van der Waals surface area contributed by atoms with Crippen molar-refractivity contribution in [3.63, 3.8) is 0 Å². The fourth-order valence-electron chi connectivity index (χ4n) is 3.45. The Morgan fingerprint density at radius 3 is 2.25 bits per heavy atom. The third-order valence-electron chi connectivity index (χ3n) is 4.74. The van der Waals surface area contributed by atoms with E-state index < -0.39 is 0 Å². The van der Waals surface area contributed by atoms with Crippen LogP contribution in [0.1, 0.15) is 30.7 Å². The first-order valence-electron chi connectivity index (χ1n) is 9.65. The minimum absolute atomic E-state index is 0.283.